The lowest BCUT2D eigenvalue weighted by atomic mass is 9.87. The van der Waals surface area contributed by atoms with Crippen molar-refractivity contribution in [3.63, 3.8) is 0 Å². The molecule has 182 valence electrons. The van der Waals surface area contributed by atoms with Crippen LogP contribution < -0.4 is 21.5 Å². The fourth-order valence-corrected chi connectivity index (χ4v) is 5.69. The van der Waals surface area contributed by atoms with Gasteiger partial charge in [-0.05, 0) is 24.8 Å². The lowest BCUT2D eigenvalue weighted by Crippen LogP contribution is -2.41. The minimum atomic E-state index is -0.659. The summed E-state index contributed by atoms with van der Waals surface area (Å²) in [6.45, 7) is 4.29. The Morgan fingerprint density at radius 1 is 1.26 bits per heavy atom. The lowest BCUT2D eigenvalue weighted by molar-refractivity contribution is -0.124. The van der Waals surface area contributed by atoms with E-state index < -0.39 is 11.5 Å². The molecule has 2 aliphatic rings. The first-order valence-corrected chi connectivity index (χ1v) is 12.2. The van der Waals surface area contributed by atoms with E-state index in [2.05, 4.69) is 10.3 Å². The molecule has 1 fully saturated rings. The highest BCUT2D eigenvalue weighted by molar-refractivity contribution is 6.30. The average molecular weight is 485 g/mol. The van der Waals surface area contributed by atoms with Crippen LogP contribution in [0.15, 0.2) is 29.1 Å². The van der Waals surface area contributed by atoms with Crippen LogP contribution in [0.25, 0.3) is 0 Å². The van der Waals surface area contributed by atoms with Crippen molar-refractivity contribution in [1.29, 1.82) is 5.41 Å². The summed E-state index contributed by atoms with van der Waals surface area (Å²) < 4.78 is 1.57. The maximum Gasteiger partial charge on any atom is 0.294 e. The Morgan fingerprint density at radius 2 is 1.91 bits per heavy atom. The SMILES string of the molecule is CN(c1nc(Cl)c2n(c1=O)[C@H](C(=O)NCc1ccc(C(=N)N)cc1)CC2(C)C)C1CCCCC1. The molecule has 1 aromatic heterocycles. The summed E-state index contributed by atoms with van der Waals surface area (Å²) in [5.74, 6) is 0.0910. The van der Waals surface area contributed by atoms with Crippen molar-refractivity contribution in [3.05, 3.63) is 56.6 Å². The monoisotopic (exact) mass is 484 g/mol. The van der Waals surface area contributed by atoms with Crippen LogP contribution in [0.1, 0.15) is 75.2 Å². The van der Waals surface area contributed by atoms with Crippen LogP contribution in [0, 0.1) is 5.41 Å². The number of carbonyl (C=O) groups is 1. The van der Waals surface area contributed by atoms with Crippen LogP contribution in [0.3, 0.4) is 0 Å². The molecule has 0 radical (unpaired) electrons. The van der Waals surface area contributed by atoms with E-state index in [1.165, 1.54) is 6.42 Å². The first-order valence-electron chi connectivity index (χ1n) is 11.9. The van der Waals surface area contributed by atoms with Gasteiger partial charge in [-0.3, -0.25) is 19.6 Å². The Morgan fingerprint density at radius 3 is 2.53 bits per heavy atom. The van der Waals surface area contributed by atoms with Crippen molar-refractivity contribution in [1.82, 2.24) is 14.9 Å². The number of amidine groups is 1. The van der Waals surface area contributed by atoms with Crippen LogP contribution in [0.4, 0.5) is 5.82 Å². The number of amides is 1. The fraction of sp³-hybridized carbons (Fsp3) is 0.520. The number of rotatable bonds is 6. The van der Waals surface area contributed by atoms with Gasteiger partial charge in [0.1, 0.15) is 11.9 Å². The van der Waals surface area contributed by atoms with E-state index in [-0.39, 0.29) is 28.5 Å². The zero-order valence-corrected chi connectivity index (χ0v) is 20.8. The molecule has 9 heteroatoms. The summed E-state index contributed by atoms with van der Waals surface area (Å²) in [5.41, 5.74) is 6.92. The second-order valence-corrected chi connectivity index (χ2v) is 10.4. The molecule has 0 bridgehead atoms. The van der Waals surface area contributed by atoms with Gasteiger partial charge in [-0.15, -0.1) is 0 Å². The van der Waals surface area contributed by atoms with Gasteiger partial charge in [-0.2, -0.15) is 0 Å². The van der Waals surface area contributed by atoms with Gasteiger partial charge in [0.05, 0.1) is 5.69 Å². The van der Waals surface area contributed by atoms with Crippen molar-refractivity contribution in [3.8, 4) is 0 Å². The Kier molecular flexibility index (Phi) is 6.71. The van der Waals surface area contributed by atoms with E-state index in [1.54, 1.807) is 16.7 Å². The summed E-state index contributed by atoms with van der Waals surface area (Å²) >= 11 is 6.64. The molecule has 2 heterocycles. The molecule has 34 heavy (non-hydrogen) atoms. The van der Waals surface area contributed by atoms with Gasteiger partial charge in [0.15, 0.2) is 11.0 Å². The van der Waals surface area contributed by atoms with Crippen LogP contribution in [0.5, 0.6) is 0 Å². The molecule has 0 saturated heterocycles. The highest BCUT2D eigenvalue weighted by Gasteiger charge is 2.44. The largest absolute Gasteiger partial charge is 0.384 e. The van der Waals surface area contributed by atoms with Gasteiger partial charge in [-0.25, -0.2) is 4.98 Å². The van der Waals surface area contributed by atoms with Crippen molar-refractivity contribution < 1.29 is 4.79 Å². The van der Waals surface area contributed by atoms with Gasteiger partial charge in [-0.1, -0.05) is 69.0 Å². The molecular weight excluding hydrogens is 452 g/mol. The number of aromatic nitrogens is 2. The summed E-state index contributed by atoms with van der Waals surface area (Å²) in [6.07, 6.45) is 6.01. The van der Waals surface area contributed by atoms with Crippen LogP contribution in [-0.4, -0.2) is 34.4 Å². The third-order valence-corrected chi connectivity index (χ3v) is 7.46. The second kappa shape index (κ2) is 9.41. The van der Waals surface area contributed by atoms with Gasteiger partial charge in [0.2, 0.25) is 5.91 Å². The molecule has 1 atom stereocenters. The van der Waals surface area contributed by atoms with Crippen LogP contribution >= 0.6 is 11.6 Å². The van der Waals surface area contributed by atoms with E-state index in [1.807, 2.05) is 37.9 Å². The maximum absolute atomic E-state index is 13.7. The number of nitrogens with one attached hydrogen (secondary N) is 2. The number of nitrogens with zero attached hydrogens (tertiary/aromatic N) is 3. The summed E-state index contributed by atoms with van der Waals surface area (Å²) in [6, 6.07) is 6.75. The second-order valence-electron chi connectivity index (χ2n) is 10.1. The predicted octanol–water partition coefficient (Wildman–Crippen LogP) is 3.49. The van der Waals surface area contributed by atoms with Crippen LogP contribution in [0.2, 0.25) is 5.15 Å². The van der Waals surface area contributed by atoms with E-state index in [4.69, 9.17) is 22.7 Å². The smallest absolute Gasteiger partial charge is 0.294 e. The number of fused-ring (bicyclic) bond motifs is 1. The standard InChI is InChI=1S/C25H33ClN6O2/c1-25(2)13-18(23(33)29-14-15-9-11-16(12-10-15)21(27)28)32-19(25)20(26)30-22(24(32)34)31(3)17-7-5-4-6-8-17/h9-12,17-18H,4-8,13-14H2,1-3H3,(H3,27,28)(H,29,33)/t18-/m0/s1. The number of benzene rings is 1. The Hall–Kier alpha value is -2.87. The van der Waals surface area contributed by atoms with Crippen molar-refractivity contribution >= 4 is 29.2 Å². The summed E-state index contributed by atoms with van der Waals surface area (Å²) in [5, 5.41) is 10.8. The first kappa shape index (κ1) is 24.3. The third-order valence-electron chi connectivity index (χ3n) is 7.20. The Balaban J connectivity index is 1.61. The minimum absolute atomic E-state index is 0.000702. The van der Waals surface area contributed by atoms with Crippen molar-refractivity contribution in [2.75, 3.05) is 11.9 Å². The number of nitrogen functional groups attached to an aromatic ring is 1. The number of nitrogens with two attached hydrogens (primary N) is 1. The highest BCUT2D eigenvalue weighted by Crippen LogP contribution is 2.43. The normalized spacial score (nSPS) is 19.5. The van der Waals surface area contributed by atoms with E-state index >= 15 is 0 Å². The summed E-state index contributed by atoms with van der Waals surface area (Å²) in [7, 11) is 1.91. The fourth-order valence-electron chi connectivity index (χ4n) is 5.27. The van der Waals surface area contributed by atoms with Gasteiger partial charge in [0, 0.05) is 30.6 Å². The number of carbonyl (C=O) groups excluding carboxylic acids is 1. The number of anilines is 1. The zero-order chi connectivity index (χ0) is 24.6. The maximum atomic E-state index is 13.7. The molecule has 4 rings (SSSR count). The molecule has 1 aromatic carbocycles. The molecule has 4 N–H and O–H groups in total. The average Bonchev–Trinajstić information content (AvgIpc) is 3.12. The molecule has 8 nitrogen and oxygen atoms in total. The highest BCUT2D eigenvalue weighted by atomic mass is 35.5. The zero-order valence-electron chi connectivity index (χ0n) is 20.0. The summed E-state index contributed by atoms with van der Waals surface area (Å²) in [4.78, 5) is 33.4. The topological polar surface area (TPSA) is 117 Å². The van der Waals surface area contributed by atoms with Crippen molar-refractivity contribution in [2.45, 2.75) is 76.4 Å². The van der Waals surface area contributed by atoms with Gasteiger partial charge >= 0.3 is 0 Å². The Bertz CT molecular complexity index is 1150. The molecule has 1 saturated carbocycles. The third kappa shape index (κ3) is 4.56. The van der Waals surface area contributed by atoms with E-state index in [9.17, 15) is 9.59 Å². The molecule has 2 aromatic rings. The Labute approximate surface area is 205 Å². The molecule has 0 unspecified atom stereocenters. The number of hydrogen-bond donors (Lipinski definition) is 3. The van der Waals surface area contributed by atoms with E-state index in [0.29, 0.717) is 30.0 Å². The van der Waals surface area contributed by atoms with Gasteiger partial charge in [0.25, 0.3) is 5.56 Å². The molecule has 1 aliphatic heterocycles. The minimum Gasteiger partial charge on any atom is -0.384 e. The van der Waals surface area contributed by atoms with Gasteiger partial charge < -0.3 is 16.0 Å². The van der Waals surface area contributed by atoms with Crippen LogP contribution in [-0.2, 0) is 16.8 Å². The van der Waals surface area contributed by atoms with Crippen molar-refractivity contribution in [2.24, 2.45) is 5.73 Å². The number of halogens is 1. The first-order chi connectivity index (χ1) is 16.1. The predicted molar refractivity (Wildman–Crippen MR) is 135 cm³/mol. The van der Waals surface area contributed by atoms with E-state index in [0.717, 1.165) is 31.2 Å². The molecule has 1 aliphatic carbocycles. The molecular formula is C25H33ClN6O2. The number of hydrogen-bond acceptors (Lipinski definition) is 5. The lowest BCUT2D eigenvalue weighted by Gasteiger charge is -2.32. The molecule has 1 amide bonds. The molecule has 0 spiro atoms. The quantitative estimate of drug-likeness (QED) is 0.428.